The maximum atomic E-state index is 11.3. The number of nitrogens with two attached hydrogens (primary N) is 1. The average molecular weight is 468 g/mol. The number of hydrogen-bond donors (Lipinski definition) is 2. The fourth-order valence-corrected chi connectivity index (χ4v) is 2.48. The molecule has 6 nitrogen and oxygen atoms in total. The Hall–Kier alpha value is -2.29. The number of carbonyl (C=O) groups is 1. The van der Waals surface area contributed by atoms with Gasteiger partial charge in [0, 0.05) is 32.7 Å². The van der Waals surface area contributed by atoms with Crippen LogP contribution in [0, 0.1) is 0 Å². The molecule has 0 aliphatic heterocycles. The number of amides is 1. The first-order valence-electron chi connectivity index (χ1n) is 7.97. The van der Waals surface area contributed by atoms with Crippen molar-refractivity contribution in [1.29, 1.82) is 0 Å². The zero-order valence-electron chi connectivity index (χ0n) is 15.2. The van der Waals surface area contributed by atoms with E-state index in [4.69, 9.17) is 10.5 Å². The number of halogens is 1. The normalized spacial score (nSPS) is 10.7. The average Bonchev–Trinajstić information content (AvgIpc) is 2.63. The minimum absolute atomic E-state index is 0. The summed E-state index contributed by atoms with van der Waals surface area (Å²) >= 11 is 0. The Balaban J connectivity index is 0.00000338. The molecule has 0 aliphatic carbocycles. The van der Waals surface area contributed by atoms with Gasteiger partial charge >= 0.3 is 0 Å². The molecule has 0 saturated heterocycles. The summed E-state index contributed by atoms with van der Waals surface area (Å²) in [5, 5.41) is 3.29. The van der Waals surface area contributed by atoms with E-state index in [1.807, 2.05) is 48.3 Å². The van der Waals surface area contributed by atoms with Crippen LogP contribution in [0.1, 0.15) is 21.5 Å². The van der Waals surface area contributed by atoms with Gasteiger partial charge in [-0.1, -0.05) is 24.3 Å². The molecule has 3 N–H and O–H groups in total. The van der Waals surface area contributed by atoms with E-state index in [0.29, 0.717) is 18.7 Å². The first-order valence-corrected chi connectivity index (χ1v) is 7.97. The van der Waals surface area contributed by atoms with Gasteiger partial charge in [-0.25, -0.2) is 0 Å². The number of benzene rings is 2. The number of methoxy groups -OCH3 is 1. The quantitative estimate of drug-likeness (QED) is 0.388. The number of hydrogen-bond acceptors (Lipinski definition) is 3. The maximum absolute atomic E-state index is 11.3. The predicted molar refractivity (Wildman–Crippen MR) is 115 cm³/mol. The van der Waals surface area contributed by atoms with Gasteiger partial charge in [0.2, 0.25) is 5.91 Å². The van der Waals surface area contributed by atoms with Crippen LogP contribution in [0.2, 0.25) is 0 Å². The van der Waals surface area contributed by atoms with E-state index in [2.05, 4.69) is 10.3 Å². The topological polar surface area (TPSA) is 79.9 Å². The van der Waals surface area contributed by atoms with E-state index in [9.17, 15) is 4.79 Å². The Bertz CT molecular complexity index is 747. The Morgan fingerprint density at radius 3 is 2.46 bits per heavy atom. The Morgan fingerprint density at radius 2 is 1.88 bits per heavy atom. The van der Waals surface area contributed by atoms with Crippen LogP contribution in [0.5, 0.6) is 5.75 Å². The third-order valence-electron chi connectivity index (χ3n) is 3.81. The molecule has 0 bridgehead atoms. The van der Waals surface area contributed by atoms with Crippen LogP contribution in [0.4, 0.5) is 0 Å². The molecular weight excluding hydrogens is 443 g/mol. The number of ether oxygens (including phenoxy) is 1. The summed E-state index contributed by atoms with van der Waals surface area (Å²) in [6.45, 7) is 1.27. The highest BCUT2D eigenvalue weighted by Gasteiger charge is 2.08. The molecule has 0 spiro atoms. The fourth-order valence-electron chi connectivity index (χ4n) is 2.48. The standard InChI is InChI=1S/C19H24N4O2.HI/c1-21-19(22-12-15-5-4-6-16(11-15)18(20)24)23(2)13-14-7-9-17(25-3)10-8-14;/h4-11H,12-13H2,1-3H3,(H2,20,24)(H,21,22);1H. The van der Waals surface area contributed by atoms with E-state index in [0.717, 1.165) is 22.8 Å². The molecule has 0 aliphatic rings. The van der Waals surface area contributed by atoms with Crippen molar-refractivity contribution in [3.8, 4) is 5.75 Å². The lowest BCUT2D eigenvalue weighted by Crippen LogP contribution is -2.38. The second-order valence-corrected chi connectivity index (χ2v) is 5.67. The molecular formula is C19H25IN4O2. The minimum atomic E-state index is -0.428. The van der Waals surface area contributed by atoms with Crippen LogP contribution >= 0.6 is 24.0 Å². The molecule has 2 aromatic carbocycles. The van der Waals surface area contributed by atoms with Gasteiger partial charge in [0.25, 0.3) is 0 Å². The predicted octanol–water partition coefficient (Wildman–Crippen LogP) is 2.62. The van der Waals surface area contributed by atoms with Gasteiger partial charge in [0.05, 0.1) is 7.11 Å². The summed E-state index contributed by atoms with van der Waals surface area (Å²) in [5.74, 6) is 1.17. The zero-order valence-corrected chi connectivity index (χ0v) is 17.6. The summed E-state index contributed by atoms with van der Waals surface area (Å²) < 4.78 is 5.17. The van der Waals surface area contributed by atoms with Gasteiger partial charge in [-0.2, -0.15) is 0 Å². The number of nitrogens with one attached hydrogen (secondary N) is 1. The molecule has 2 aromatic rings. The first kappa shape index (κ1) is 21.8. The van der Waals surface area contributed by atoms with Gasteiger partial charge in [0.15, 0.2) is 5.96 Å². The molecule has 7 heteroatoms. The van der Waals surface area contributed by atoms with Crippen LogP contribution in [0.25, 0.3) is 0 Å². The first-order chi connectivity index (χ1) is 12.0. The fraction of sp³-hybridized carbons (Fsp3) is 0.263. The number of rotatable bonds is 6. The number of primary amides is 1. The third kappa shape index (κ3) is 6.21. The number of nitrogens with zero attached hydrogens (tertiary/aromatic N) is 2. The van der Waals surface area contributed by atoms with Crippen molar-refractivity contribution in [3.63, 3.8) is 0 Å². The van der Waals surface area contributed by atoms with Crippen molar-refractivity contribution < 1.29 is 9.53 Å². The van der Waals surface area contributed by atoms with Crippen LogP contribution < -0.4 is 15.8 Å². The molecule has 0 aromatic heterocycles. The molecule has 0 fully saturated rings. The lowest BCUT2D eigenvalue weighted by atomic mass is 10.1. The largest absolute Gasteiger partial charge is 0.497 e. The highest BCUT2D eigenvalue weighted by atomic mass is 127. The summed E-state index contributed by atoms with van der Waals surface area (Å²) in [6, 6.07) is 15.2. The summed E-state index contributed by atoms with van der Waals surface area (Å²) in [7, 11) is 5.37. The van der Waals surface area contributed by atoms with E-state index >= 15 is 0 Å². The molecule has 0 heterocycles. The van der Waals surface area contributed by atoms with Gasteiger partial charge in [-0.3, -0.25) is 9.79 Å². The molecule has 0 radical (unpaired) electrons. The minimum Gasteiger partial charge on any atom is -0.497 e. The number of guanidine groups is 1. The second-order valence-electron chi connectivity index (χ2n) is 5.67. The van der Waals surface area contributed by atoms with Crippen molar-refractivity contribution in [1.82, 2.24) is 10.2 Å². The summed E-state index contributed by atoms with van der Waals surface area (Å²) in [5.41, 5.74) is 7.94. The summed E-state index contributed by atoms with van der Waals surface area (Å²) in [6.07, 6.45) is 0. The van der Waals surface area contributed by atoms with Gasteiger partial charge in [0.1, 0.15) is 5.75 Å². The molecule has 0 unspecified atom stereocenters. The molecule has 2 rings (SSSR count). The zero-order chi connectivity index (χ0) is 18.2. The maximum Gasteiger partial charge on any atom is 0.248 e. The number of aliphatic imine (C=N–C) groups is 1. The lowest BCUT2D eigenvalue weighted by Gasteiger charge is -2.22. The van der Waals surface area contributed by atoms with Crippen LogP contribution in [-0.2, 0) is 13.1 Å². The SMILES string of the molecule is CN=C(NCc1cccc(C(N)=O)c1)N(C)Cc1ccc(OC)cc1.I. The monoisotopic (exact) mass is 468 g/mol. The van der Waals surface area contributed by atoms with E-state index in [1.54, 1.807) is 26.3 Å². The van der Waals surface area contributed by atoms with Crippen molar-refractivity contribution in [2.75, 3.05) is 21.2 Å². The lowest BCUT2D eigenvalue weighted by molar-refractivity contribution is 0.1000. The molecule has 26 heavy (non-hydrogen) atoms. The molecule has 1 amide bonds. The van der Waals surface area contributed by atoms with E-state index in [1.165, 1.54) is 0 Å². The molecule has 140 valence electrons. The van der Waals surface area contributed by atoms with Crippen LogP contribution in [0.15, 0.2) is 53.5 Å². The molecule has 0 saturated carbocycles. The summed E-state index contributed by atoms with van der Waals surface area (Å²) in [4.78, 5) is 17.6. The van der Waals surface area contributed by atoms with Gasteiger partial charge in [-0.05, 0) is 35.4 Å². The van der Waals surface area contributed by atoms with Crippen LogP contribution in [-0.4, -0.2) is 38.0 Å². The van der Waals surface area contributed by atoms with Crippen molar-refractivity contribution >= 4 is 35.8 Å². The van der Waals surface area contributed by atoms with Crippen molar-refractivity contribution in [2.45, 2.75) is 13.1 Å². The van der Waals surface area contributed by atoms with Crippen molar-refractivity contribution in [2.24, 2.45) is 10.7 Å². The third-order valence-corrected chi connectivity index (χ3v) is 3.81. The van der Waals surface area contributed by atoms with E-state index in [-0.39, 0.29) is 24.0 Å². The van der Waals surface area contributed by atoms with Gasteiger partial charge < -0.3 is 20.7 Å². The Labute approximate surface area is 171 Å². The smallest absolute Gasteiger partial charge is 0.248 e. The molecule has 0 atom stereocenters. The second kappa shape index (κ2) is 10.6. The Morgan fingerprint density at radius 1 is 1.19 bits per heavy atom. The highest BCUT2D eigenvalue weighted by Crippen LogP contribution is 2.12. The van der Waals surface area contributed by atoms with E-state index < -0.39 is 5.91 Å². The Kier molecular flexibility index (Phi) is 8.91. The highest BCUT2D eigenvalue weighted by molar-refractivity contribution is 14.0. The number of carbonyl (C=O) groups excluding carboxylic acids is 1. The van der Waals surface area contributed by atoms with Crippen molar-refractivity contribution in [3.05, 3.63) is 65.2 Å². The van der Waals surface area contributed by atoms with Gasteiger partial charge in [-0.15, -0.1) is 24.0 Å². The van der Waals surface area contributed by atoms with Crippen LogP contribution in [0.3, 0.4) is 0 Å².